The molecule has 0 aliphatic rings. The van der Waals surface area contributed by atoms with Crippen molar-refractivity contribution in [3.63, 3.8) is 0 Å². The van der Waals surface area contributed by atoms with E-state index in [0.29, 0.717) is 27.9 Å². The third kappa shape index (κ3) is 3.88. The van der Waals surface area contributed by atoms with E-state index in [2.05, 4.69) is 20.6 Å². The molecule has 0 spiro atoms. The van der Waals surface area contributed by atoms with Crippen LogP contribution in [0.4, 0.5) is 16.2 Å². The maximum atomic E-state index is 12.8. The Balaban J connectivity index is 1.69. The molecule has 8 heteroatoms. The van der Waals surface area contributed by atoms with Crippen molar-refractivity contribution in [3.05, 3.63) is 65.9 Å². The number of nitrogens with one attached hydrogen (secondary N) is 3. The summed E-state index contributed by atoms with van der Waals surface area (Å²) in [4.78, 5) is 20.3. The molecule has 0 fully saturated rings. The number of hydrogen-bond acceptors (Lipinski definition) is 4. The molecule has 0 saturated carbocycles. The fourth-order valence-corrected chi connectivity index (χ4v) is 3.37. The topological polar surface area (TPSA) is 88.3 Å². The van der Waals surface area contributed by atoms with Crippen molar-refractivity contribution in [3.8, 4) is 22.8 Å². The molecular weight excluding hydrogens is 404 g/mol. The van der Waals surface area contributed by atoms with Gasteiger partial charge in [0.1, 0.15) is 11.5 Å². The highest BCUT2D eigenvalue weighted by molar-refractivity contribution is 6.31. The zero-order valence-corrected chi connectivity index (χ0v) is 17.1. The minimum Gasteiger partial charge on any atom is -0.497 e. The molecule has 0 aliphatic carbocycles. The Labute approximate surface area is 178 Å². The maximum Gasteiger partial charge on any atom is 0.323 e. The molecule has 152 valence electrons. The van der Waals surface area contributed by atoms with Gasteiger partial charge in [-0.2, -0.15) is 0 Å². The number of aromatic amines is 1. The van der Waals surface area contributed by atoms with Crippen LogP contribution in [-0.4, -0.2) is 30.2 Å². The first kappa shape index (κ1) is 19.6. The first-order valence-electron chi connectivity index (χ1n) is 9.10. The number of methoxy groups -OCH3 is 2. The number of H-pyrrole nitrogens is 1. The fraction of sp³-hybridized carbons (Fsp3) is 0.0909. The summed E-state index contributed by atoms with van der Waals surface area (Å²) in [5, 5.41) is 7.13. The summed E-state index contributed by atoms with van der Waals surface area (Å²) >= 11 is 6.20. The fourth-order valence-electron chi connectivity index (χ4n) is 3.20. The molecular formula is C22H19ClN4O3. The average Bonchev–Trinajstić information content (AvgIpc) is 3.12. The van der Waals surface area contributed by atoms with E-state index < -0.39 is 6.03 Å². The molecule has 3 N–H and O–H groups in total. The van der Waals surface area contributed by atoms with Crippen LogP contribution in [0.5, 0.6) is 11.5 Å². The average molecular weight is 423 g/mol. The number of anilines is 2. The predicted molar refractivity (Wildman–Crippen MR) is 119 cm³/mol. The number of halogens is 1. The summed E-state index contributed by atoms with van der Waals surface area (Å²) in [5.41, 5.74) is 3.62. The number of benzene rings is 2. The molecule has 2 amide bonds. The van der Waals surface area contributed by atoms with Crippen LogP contribution in [0.25, 0.3) is 22.2 Å². The smallest absolute Gasteiger partial charge is 0.323 e. The van der Waals surface area contributed by atoms with Crippen molar-refractivity contribution in [1.29, 1.82) is 0 Å². The highest BCUT2D eigenvalue weighted by Gasteiger charge is 2.17. The van der Waals surface area contributed by atoms with Crippen LogP contribution in [0.15, 0.2) is 60.9 Å². The van der Waals surface area contributed by atoms with Crippen LogP contribution >= 0.6 is 11.6 Å². The van der Waals surface area contributed by atoms with Crippen LogP contribution in [0.1, 0.15) is 0 Å². The van der Waals surface area contributed by atoms with Crippen LogP contribution in [-0.2, 0) is 0 Å². The van der Waals surface area contributed by atoms with E-state index in [1.54, 1.807) is 43.8 Å². The molecule has 4 aromatic rings. The molecule has 0 bridgehead atoms. The summed E-state index contributed by atoms with van der Waals surface area (Å²) in [5.74, 6) is 1.12. The number of rotatable bonds is 5. The predicted octanol–water partition coefficient (Wildman–Crippen LogP) is 5.54. The normalized spacial score (nSPS) is 10.6. The van der Waals surface area contributed by atoms with E-state index in [0.717, 1.165) is 22.2 Å². The molecule has 2 aromatic carbocycles. The Bertz CT molecular complexity index is 1210. The minimum absolute atomic E-state index is 0.422. The summed E-state index contributed by atoms with van der Waals surface area (Å²) in [6.07, 6.45) is 3.39. The summed E-state index contributed by atoms with van der Waals surface area (Å²) in [6, 6.07) is 13.9. The van der Waals surface area contributed by atoms with Gasteiger partial charge < -0.3 is 25.1 Å². The summed E-state index contributed by atoms with van der Waals surface area (Å²) in [6.45, 7) is 0. The van der Waals surface area contributed by atoms with Crippen molar-refractivity contribution in [2.24, 2.45) is 0 Å². The van der Waals surface area contributed by atoms with Crippen LogP contribution < -0.4 is 20.1 Å². The van der Waals surface area contributed by atoms with Crippen molar-refractivity contribution in [2.45, 2.75) is 0 Å². The zero-order valence-electron chi connectivity index (χ0n) is 16.3. The van der Waals surface area contributed by atoms with Gasteiger partial charge in [0.2, 0.25) is 0 Å². The van der Waals surface area contributed by atoms with Gasteiger partial charge in [-0.15, -0.1) is 0 Å². The lowest BCUT2D eigenvalue weighted by Crippen LogP contribution is -2.20. The second-order valence-corrected chi connectivity index (χ2v) is 6.88. The van der Waals surface area contributed by atoms with E-state index >= 15 is 0 Å². The Hall–Kier alpha value is -3.71. The SMILES string of the molecule is COc1ccc(NC(=O)Nc2c(-c3ccncc3)[nH]c3ccc(Cl)cc23)c(OC)c1. The van der Waals surface area contributed by atoms with E-state index in [-0.39, 0.29) is 0 Å². The molecule has 0 radical (unpaired) electrons. The van der Waals surface area contributed by atoms with Crippen molar-refractivity contribution >= 4 is 39.9 Å². The van der Waals surface area contributed by atoms with Crippen LogP contribution in [0.3, 0.4) is 0 Å². The van der Waals surface area contributed by atoms with E-state index in [9.17, 15) is 4.79 Å². The molecule has 2 aromatic heterocycles. The van der Waals surface area contributed by atoms with Gasteiger partial charge in [0.05, 0.1) is 31.3 Å². The van der Waals surface area contributed by atoms with Crippen LogP contribution in [0, 0.1) is 0 Å². The Morgan fingerprint density at radius 3 is 2.53 bits per heavy atom. The molecule has 30 heavy (non-hydrogen) atoms. The van der Waals surface area contributed by atoms with Crippen molar-refractivity contribution < 1.29 is 14.3 Å². The van der Waals surface area contributed by atoms with E-state index in [4.69, 9.17) is 21.1 Å². The first-order valence-corrected chi connectivity index (χ1v) is 9.48. The number of carbonyl (C=O) groups is 1. The number of pyridine rings is 1. The summed E-state index contributed by atoms with van der Waals surface area (Å²) < 4.78 is 10.5. The number of aromatic nitrogens is 2. The summed E-state index contributed by atoms with van der Waals surface area (Å²) in [7, 11) is 3.10. The van der Waals surface area contributed by atoms with Gasteiger partial charge in [-0.25, -0.2) is 4.79 Å². The number of nitrogens with zero attached hydrogens (tertiary/aromatic N) is 1. The largest absolute Gasteiger partial charge is 0.497 e. The van der Waals surface area contributed by atoms with E-state index in [1.807, 2.05) is 24.3 Å². The van der Waals surface area contributed by atoms with Gasteiger partial charge in [-0.3, -0.25) is 4.98 Å². The van der Waals surface area contributed by atoms with Gasteiger partial charge in [0, 0.05) is 39.9 Å². The standard InChI is InChI=1S/C22H19ClN4O3/c1-29-15-4-6-18(19(12-15)30-2)26-22(28)27-21-16-11-14(23)3-5-17(16)25-20(21)13-7-9-24-10-8-13/h3-12,25H,1-2H3,(H2,26,27,28). The number of hydrogen-bond donors (Lipinski definition) is 3. The van der Waals surface area contributed by atoms with E-state index in [1.165, 1.54) is 7.11 Å². The second-order valence-electron chi connectivity index (χ2n) is 6.45. The highest BCUT2D eigenvalue weighted by atomic mass is 35.5. The molecule has 0 atom stereocenters. The molecule has 2 heterocycles. The number of carbonyl (C=O) groups excluding carboxylic acids is 1. The highest BCUT2D eigenvalue weighted by Crippen LogP contribution is 2.36. The number of ether oxygens (including phenoxy) is 2. The van der Waals surface area contributed by atoms with Crippen molar-refractivity contribution in [2.75, 3.05) is 24.9 Å². The Kier molecular flexibility index (Phi) is 5.45. The molecule has 0 unspecified atom stereocenters. The maximum absolute atomic E-state index is 12.8. The van der Waals surface area contributed by atoms with Gasteiger partial charge in [-0.05, 0) is 42.5 Å². The monoisotopic (exact) mass is 422 g/mol. The third-order valence-corrected chi connectivity index (χ3v) is 4.86. The van der Waals surface area contributed by atoms with Gasteiger partial charge in [0.25, 0.3) is 0 Å². The second kappa shape index (κ2) is 8.34. The van der Waals surface area contributed by atoms with Crippen molar-refractivity contribution in [1.82, 2.24) is 9.97 Å². The lowest BCUT2D eigenvalue weighted by atomic mass is 10.1. The molecule has 7 nitrogen and oxygen atoms in total. The van der Waals surface area contributed by atoms with Gasteiger partial charge >= 0.3 is 6.03 Å². The molecule has 0 saturated heterocycles. The van der Waals surface area contributed by atoms with Crippen LogP contribution in [0.2, 0.25) is 5.02 Å². The number of urea groups is 1. The number of fused-ring (bicyclic) bond motifs is 1. The lowest BCUT2D eigenvalue weighted by molar-refractivity contribution is 0.262. The zero-order chi connectivity index (χ0) is 21.1. The minimum atomic E-state index is -0.422. The lowest BCUT2D eigenvalue weighted by Gasteiger charge is -2.13. The Morgan fingerprint density at radius 1 is 1.00 bits per heavy atom. The van der Waals surface area contributed by atoms with Gasteiger partial charge in [-0.1, -0.05) is 11.6 Å². The third-order valence-electron chi connectivity index (χ3n) is 4.63. The number of amides is 2. The molecule has 4 rings (SSSR count). The quantitative estimate of drug-likeness (QED) is 0.393. The molecule has 0 aliphatic heterocycles. The first-order chi connectivity index (χ1) is 14.6. The Morgan fingerprint density at radius 2 is 1.80 bits per heavy atom. The van der Waals surface area contributed by atoms with Gasteiger partial charge in [0.15, 0.2) is 0 Å².